The van der Waals surface area contributed by atoms with Crippen molar-refractivity contribution >= 4 is 34.8 Å². The number of rotatable bonds is 8. The molecular weight excluding hydrogens is 364 g/mol. The molecule has 3 rings (SSSR count). The molecule has 0 saturated heterocycles. The number of halogens is 1. The molecule has 0 fully saturated rings. The summed E-state index contributed by atoms with van der Waals surface area (Å²) in [5.41, 5.74) is 1.82. The predicted octanol–water partition coefficient (Wildman–Crippen LogP) is 3.04. The minimum atomic E-state index is -0.0397. The van der Waals surface area contributed by atoms with Gasteiger partial charge in [0.1, 0.15) is 5.82 Å². The molecule has 7 nitrogen and oxygen atoms in total. The van der Waals surface area contributed by atoms with Crippen molar-refractivity contribution in [1.82, 2.24) is 20.5 Å². The minimum absolute atomic E-state index is 0.0397. The second-order valence-corrected chi connectivity index (χ2v) is 6.18. The molecule has 0 spiro atoms. The molecule has 0 unspecified atom stereocenters. The Balaban J connectivity index is 1.37. The number of carbonyl (C=O) groups is 1. The third-order valence-electron chi connectivity index (χ3n) is 3.65. The normalized spacial score (nSPS) is 10.3. The van der Waals surface area contributed by atoms with E-state index in [2.05, 4.69) is 31.1 Å². The van der Waals surface area contributed by atoms with Crippen LogP contribution < -0.4 is 16.0 Å². The summed E-state index contributed by atoms with van der Waals surface area (Å²) in [6, 6.07) is 14.6. The Kier molecular flexibility index (Phi) is 6.54. The first-order chi connectivity index (χ1) is 13.2. The number of nitrogens with one attached hydrogen (secondary N) is 3. The summed E-state index contributed by atoms with van der Waals surface area (Å²) in [4.78, 5) is 15.9. The lowest BCUT2D eigenvalue weighted by Crippen LogP contribution is -2.30. The number of nitrogens with zero attached hydrogens (tertiary/aromatic N) is 3. The summed E-state index contributed by atoms with van der Waals surface area (Å²) in [6.07, 6.45) is 3.73. The molecule has 3 aromatic rings. The Bertz CT molecular complexity index is 856. The summed E-state index contributed by atoms with van der Waals surface area (Å²) < 4.78 is 0. The van der Waals surface area contributed by atoms with E-state index in [1.54, 1.807) is 24.5 Å². The van der Waals surface area contributed by atoms with Crippen LogP contribution in [0.3, 0.4) is 0 Å². The van der Waals surface area contributed by atoms with E-state index in [-0.39, 0.29) is 5.91 Å². The van der Waals surface area contributed by atoms with Gasteiger partial charge >= 0.3 is 0 Å². The van der Waals surface area contributed by atoms with E-state index in [4.69, 9.17) is 11.6 Å². The summed E-state index contributed by atoms with van der Waals surface area (Å²) in [5.74, 6) is 1.24. The van der Waals surface area contributed by atoms with Gasteiger partial charge < -0.3 is 16.0 Å². The molecule has 27 heavy (non-hydrogen) atoms. The van der Waals surface area contributed by atoms with E-state index in [9.17, 15) is 4.79 Å². The maximum absolute atomic E-state index is 11.9. The number of hydrogen-bond acceptors (Lipinski definition) is 6. The first-order valence-corrected chi connectivity index (χ1v) is 8.82. The van der Waals surface area contributed by atoms with E-state index in [1.807, 2.05) is 36.4 Å². The molecule has 3 N–H and O–H groups in total. The Morgan fingerprint density at radius 2 is 1.59 bits per heavy atom. The molecular formula is C19H19ClN6O. The van der Waals surface area contributed by atoms with Crippen LogP contribution in [-0.4, -0.2) is 34.2 Å². The van der Waals surface area contributed by atoms with Gasteiger partial charge in [-0.1, -0.05) is 23.7 Å². The zero-order chi connectivity index (χ0) is 18.9. The van der Waals surface area contributed by atoms with Crippen LogP contribution in [0.2, 0.25) is 5.02 Å². The van der Waals surface area contributed by atoms with Crippen molar-refractivity contribution in [3.8, 4) is 0 Å². The van der Waals surface area contributed by atoms with E-state index >= 15 is 0 Å². The summed E-state index contributed by atoms with van der Waals surface area (Å²) in [6.45, 7) is 1.04. The van der Waals surface area contributed by atoms with Gasteiger partial charge in [-0.15, -0.1) is 10.2 Å². The number of pyridine rings is 1. The van der Waals surface area contributed by atoms with E-state index in [0.717, 1.165) is 11.3 Å². The highest BCUT2D eigenvalue weighted by Gasteiger charge is 2.03. The number of carbonyl (C=O) groups excluding carboxylic acids is 1. The third-order valence-corrected chi connectivity index (χ3v) is 3.90. The molecule has 0 aliphatic carbocycles. The smallest absolute Gasteiger partial charge is 0.224 e. The van der Waals surface area contributed by atoms with Crippen molar-refractivity contribution in [2.75, 3.05) is 23.7 Å². The molecule has 8 heteroatoms. The fraction of sp³-hybridized carbons (Fsp3) is 0.158. The lowest BCUT2D eigenvalue weighted by Gasteiger charge is -2.08. The highest BCUT2D eigenvalue weighted by Crippen LogP contribution is 2.13. The van der Waals surface area contributed by atoms with Crippen molar-refractivity contribution in [2.45, 2.75) is 6.42 Å². The molecule has 2 aromatic heterocycles. The first-order valence-electron chi connectivity index (χ1n) is 8.45. The Hall–Kier alpha value is -3.19. The zero-order valence-corrected chi connectivity index (χ0v) is 15.3. The van der Waals surface area contributed by atoms with Gasteiger partial charge in [-0.05, 0) is 42.0 Å². The Morgan fingerprint density at radius 3 is 2.30 bits per heavy atom. The minimum Gasteiger partial charge on any atom is -0.367 e. The van der Waals surface area contributed by atoms with E-state index < -0.39 is 0 Å². The molecule has 1 aromatic carbocycles. The van der Waals surface area contributed by atoms with Gasteiger partial charge in [-0.25, -0.2) is 0 Å². The van der Waals surface area contributed by atoms with Gasteiger partial charge in [-0.2, -0.15) is 0 Å². The highest BCUT2D eigenvalue weighted by atomic mass is 35.5. The number of hydrogen-bond donors (Lipinski definition) is 3. The molecule has 0 aliphatic rings. The van der Waals surface area contributed by atoms with Crippen LogP contribution in [0.4, 0.5) is 17.3 Å². The first kappa shape index (κ1) is 18.6. The SMILES string of the molecule is O=C(Cc1ccc(Cl)cc1)NCCNc1ccc(Nc2ccncc2)nn1. The highest BCUT2D eigenvalue weighted by molar-refractivity contribution is 6.30. The van der Waals surface area contributed by atoms with Gasteiger partial charge in [0.25, 0.3) is 0 Å². The summed E-state index contributed by atoms with van der Waals surface area (Å²) in [5, 5.41) is 18.0. The predicted molar refractivity (Wildman–Crippen MR) is 106 cm³/mol. The van der Waals surface area contributed by atoms with Gasteiger partial charge in [0.2, 0.25) is 5.91 Å². The lowest BCUT2D eigenvalue weighted by molar-refractivity contribution is -0.120. The van der Waals surface area contributed by atoms with Crippen LogP contribution in [0, 0.1) is 0 Å². The molecule has 138 valence electrons. The third kappa shape index (κ3) is 6.23. The largest absolute Gasteiger partial charge is 0.367 e. The van der Waals surface area contributed by atoms with E-state index in [1.165, 1.54) is 0 Å². The number of amides is 1. The number of benzene rings is 1. The van der Waals surface area contributed by atoms with Crippen molar-refractivity contribution < 1.29 is 4.79 Å². The van der Waals surface area contributed by atoms with Gasteiger partial charge in [0.15, 0.2) is 5.82 Å². The average molecular weight is 383 g/mol. The van der Waals surface area contributed by atoms with Crippen molar-refractivity contribution in [3.05, 3.63) is 71.5 Å². The molecule has 0 saturated carbocycles. The van der Waals surface area contributed by atoms with Crippen molar-refractivity contribution in [3.63, 3.8) is 0 Å². The van der Waals surface area contributed by atoms with Crippen LogP contribution >= 0.6 is 11.6 Å². The number of aromatic nitrogens is 3. The average Bonchev–Trinajstić information content (AvgIpc) is 2.69. The lowest BCUT2D eigenvalue weighted by atomic mass is 10.1. The van der Waals surface area contributed by atoms with Crippen LogP contribution in [0.1, 0.15) is 5.56 Å². The zero-order valence-electron chi connectivity index (χ0n) is 14.5. The van der Waals surface area contributed by atoms with E-state index in [0.29, 0.717) is 36.2 Å². The van der Waals surface area contributed by atoms with Crippen molar-refractivity contribution in [2.24, 2.45) is 0 Å². The van der Waals surface area contributed by atoms with Crippen LogP contribution in [0.5, 0.6) is 0 Å². The fourth-order valence-corrected chi connectivity index (χ4v) is 2.44. The van der Waals surface area contributed by atoms with Crippen LogP contribution in [-0.2, 0) is 11.2 Å². The maximum atomic E-state index is 11.9. The molecule has 1 amide bonds. The number of anilines is 3. The molecule has 2 heterocycles. The topological polar surface area (TPSA) is 91.8 Å². The Labute approximate surface area is 162 Å². The Morgan fingerprint density at radius 1 is 0.889 bits per heavy atom. The fourth-order valence-electron chi connectivity index (χ4n) is 2.32. The monoisotopic (exact) mass is 382 g/mol. The van der Waals surface area contributed by atoms with Crippen LogP contribution in [0.15, 0.2) is 60.9 Å². The summed E-state index contributed by atoms with van der Waals surface area (Å²) in [7, 11) is 0. The summed E-state index contributed by atoms with van der Waals surface area (Å²) >= 11 is 5.83. The molecule has 0 radical (unpaired) electrons. The second-order valence-electron chi connectivity index (χ2n) is 5.74. The van der Waals surface area contributed by atoms with Crippen LogP contribution in [0.25, 0.3) is 0 Å². The molecule has 0 bridgehead atoms. The second kappa shape index (κ2) is 9.49. The maximum Gasteiger partial charge on any atom is 0.224 e. The van der Waals surface area contributed by atoms with Crippen molar-refractivity contribution in [1.29, 1.82) is 0 Å². The molecule has 0 atom stereocenters. The standard InChI is InChI=1S/C19H19ClN6O/c20-15-3-1-14(2-4-15)13-19(27)23-12-11-22-17-5-6-18(26-25-17)24-16-7-9-21-10-8-16/h1-10H,11-13H2,(H,22,25)(H,23,27)(H,21,24,26). The van der Waals surface area contributed by atoms with Gasteiger partial charge in [-0.3, -0.25) is 9.78 Å². The van der Waals surface area contributed by atoms with Gasteiger partial charge in [0, 0.05) is 36.2 Å². The quantitative estimate of drug-likeness (QED) is 0.519. The molecule has 0 aliphatic heterocycles. The van der Waals surface area contributed by atoms with Gasteiger partial charge in [0.05, 0.1) is 6.42 Å².